The van der Waals surface area contributed by atoms with Crippen LogP contribution in [0.5, 0.6) is 0 Å². The Bertz CT molecular complexity index is 521. The molecule has 0 unspecified atom stereocenters. The molecular weight excluding hydrogens is 240 g/mol. The molecule has 1 aromatic rings. The summed E-state index contributed by atoms with van der Waals surface area (Å²) in [5.41, 5.74) is 7.74. The van der Waals surface area contributed by atoms with Gasteiger partial charge in [0.1, 0.15) is 6.07 Å². The van der Waals surface area contributed by atoms with Gasteiger partial charge in [-0.05, 0) is 24.6 Å². The highest BCUT2D eigenvalue weighted by molar-refractivity contribution is 5.73. The highest BCUT2D eigenvalue weighted by Crippen LogP contribution is 2.22. The number of carbonyl (C=O) groups excluding carboxylic acids is 1. The molecule has 19 heavy (non-hydrogen) atoms. The number of hydrogen-bond acceptors (Lipinski definition) is 4. The summed E-state index contributed by atoms with van der Waals surface area (Å²) in [5.74, 6) is 0.122. The maximum Gasteiger partial charge on any atom is 0.219 e. The first-order valence-electron chi connectivity index (χ1n) is 6.42. The number of carbonyl (C=O) groups is 1. The lowest BCUT2D eigenvalue weighted by molar-refractivity contribution is -0.128. The topological polar surface area (TPSA) is 73.4 Å². The van der Waals surface area contributed by atoms with Gasteiger partial charge in [-0.2, -0.15) is 5.26 Å². The zero-order chi connectivity index (χ0) is 13.8. The second-order valence-electron chi connectivity index (χ2n) is 4.73. The van der Waals surface area contributed by atoms with Gasteiger partial charge in [0.15, 0.2) is 0 Å². The van der Waals surface area contributed by atoms with Gasteiger partial charge in [0.05, 0.1) is 5.56 Å². The van der Waals surface area contributed by atoms with Crippen molar-refractivity contribution in [1.29, 1.82) is 5.26 Å². The SMILES string of the molecule is CC(=O)N1CCCN(c2ccc(N)c(C#N)c2)CC1. The lowest BCUT2D eigenvalue weighted by atomic mass is 10.1. The van der Waals surface area contributed by atoms with E-state index in [9.17, 15) is 4.79 Å². The number of nitriles is 1. The standard InChI is InChI=1S/C14H18N4O/c1-11(19)17-5-2-6-18(8-7-17)13-3-4-14(16)12(9-13)10-15/h3-4,9H,2,5-8,16H2,1H3. The highest BCUT2D eigenvalue weighted by Gasteiger charge is 2.17. The maximum absolute atomic E-state index is 11.4. The lowest BCUT2D eigenvalue weighted by Gasteiger charge is -2.23. The summed E-state index contributed by atoms with van der Waals surface area (Å²) in [6, 6.07) is 7.61. The van der Waals surface area contributed by atoms with E-state index in [1.807, 2.05) is 17.0 Å². The van der Waals surface area contributed by atoms with Crippen molar-refractivity contribution in [2.45, 2.75) is 13.3 Å². The first kappa shape index (κ1) is 13.2. The number of benzene rings is 1. The van der Waals surface area contributed by atoms with Crippen LogP contribution in [0.2, 0.25) is 0 Å². The second-order valence-corrected chi connectivity index (χ2v) is 4.73. The van der Waals surface area contributed by atoms with E-state index in [0.29, 0.717) is 11.3 Å². The van der Waals surface area contributed by atoms with Gasteiger partial charge in [-0.1, -0.05) is 0 Å². The van der Waals surface area contributed by atoms with Gasteiger partial charge >= 0.3 is 0 Å². The third-order valence-corrected chi connectivity index (χ3v) is 3.46. The Morgan fingerprint density at radius 1 is 1.32 bits per heavy atom. The smallest absolute Gasteiger partial charge is 0.219 e. The highest BCUT2D eigenvalue weighted by atomic mass is 16.2. The Labute approximate surface area is 113 Å². The van der Waals surface area contributed by atoms with E-state index in [1.165, 1.54) is 0 Å². The summed E-state index contributed by atoms with van der Waals surface area (Å²) >= 11 is 0. The summed E-state index contributed by atoms with van der Waals surface area (Å²) in [6.07, 6.45) is 0.936. The van der Waals surface area contributed by atoms with E-state index in [2.05, 4.69) is 11.0 Å². The molecule has 0 radical (unpaired) electrons. The molecule has 1 amide bonds. The molecular formula is C14H18N4O. The molecule has 5 nitrogen and oxygen atoms in total. The van der Waals surface area contributed by atoms with Crippen LogP contribution >= 0.6 is 0 Å². The number of hydrogen-bond donors (Lipinski definition) is 1. The Morgan fingerprint density at radius 2 is 2.11 bits per heavy atom. The van der Waals surface area contributed by atoms with Crippen molar-refractivity contribution in [1.82, 2.24) is 4.90 Å². The summed E-state index contributed by atoms with van der Waals surface area (Å²) in [5, 5.41) is 9.01. The normalized spacial score (nSPS) is 15.8. The average Bonchev–Trinajstić information content (AvgIpc) is 2.65. The summed E-state index contributed by atoms with van der Waals surface area (Å²) in [6.45, 7) is 4.80. The predicted molar refractivity (Wildman–Crippen MR) is 74.7 cm³/mol. The molecule has 1 aliphatic heterocycles. The summed E-state index contributed by atoms with van der Waals surface area (Å²) in [4.78, 5) is 15.4. The van der Waals surface area contributed by atoms with Gasteiger partial charge in [0.2, 0.25) is 5.91 Å². The Balaban J connectivity index is 2.14. The van der Waals surface area contributed by atoms with Crippen LogP contribution in [-0.4, -0.2) is 37.0 Å². The minimum absolute atomic E-state index is 0.122. The summed E-state index contributed by atoms with van der Waals surface area (Å²) in [7, 11) is 0. The van der Waals surface area contributed by atoms with Crippen LogP contribution in [0, 0.1) is 11.3 Å². The van der Waals surface area contributed by atoms with Crippen molar-refractivity contribution in [3.63, 3.8) is 0 Å². The number of rotatable bonds is 1. The molecule has 0 bridgehead atoms. The molecule has 1 aliphatic rings. The molecule has 1 heterocycles. The number of amides is 1. The lowest BCUT2D eigenvalue weighted by Crippen LogP contribution is -2.33. The molecule has 0 saturated carbocycles. The van der Waals surface area contributed by atoms with Gasteiger partial charge in [0.25, 0.3) is 0 Å². The first-order chi connectivity index (χ1) is 9.11. The van der Waals surface area contributed by atoms with Crippen molar-refractivity contribution in [3.05, 3.63) is 23.8 Å². The van der Waals surface area contributed by atoms with Crippen molar-refractivity contribution >= 4 is 17.3 Å². The van der Waals surface area contributed by atoms with Gasteiger partial charge in [0, 0.05) is 44.5 Å². The first-order valence-corrected chi connectivity index (χ1v) is 6.42. The van der Waals surface area contributed by atoms with E-state index < -0.39 is 0 Å². The molecule has 0 spiro atoms. The molecule has 1 aromatic carbocycles. The largest absolute Gasteiger partial charge is 0.398 e. The van der Waals surface area contributed by atoms with Crippen LogP contribution in [-0.2, 0) is 4.79 Å². The molecule has 0 aromatic heterocycles. The van der Waals surface area contributed by atoms with Crippen LogP contribution < -0.4 is 10.6 Å². The third kappa shape index (κ3) is 2.97. The minimum atomic E-state index is 0.122. The van der Waals surface area contributed by atoms with E-state index in [4.69, 9.17) is 11.0 Å². The zero-order valence-corrected chi connectivity index (χ0v) is 11.1. The molecule has 5 heteroatoms. The Kier molecular flexibility index (Phi) is 3.91. The molecule has 1 saturated heterocycles. The van der Waals surface area contributed by atoms with E-state index in [1.54, 1.807) is 13.0 Å². The van der Waals surface area contributed by atoms with Crippen LogP contribution in [0.15, 0.2) is 18.2 Å². The van der Waals surface area contributed by atoms with Gasteiger partial charge in [-0.3, -0.25) is 4.79 Å². The number of anilines is 2. The third-order valence-electron chi connectivity index (χ3n) is 3.46. The van der Waals surface area contributed by atoms with Crippen molar-refractivity contribution in [2.75, 3.05) is 36.8 Å². The van der Waals surface area contributed by atoms with Crippen molar-refractivity contribution in [2.24, 2.45) is 0 Å². The fourth-order valence-corrected chi connectivity index (χ4v) is 2.33. The average molecular weight is 258 g/mol. The Hall–Kier alpha value is -2.22. The predicted octanol–water partition coefficient (Wildman–Crippen LogP) is 1.20. The minimum Gasteiger partial charge on any atom is -0.398 e. The molecule has 0 aliphatic carbocycles. The number of nitrogen functional groups attached to an aromatic ring is 1. The van der Waals surface area contributed by atoms with E-state index in [-0.39, 0.29) is 5.91 Å². The van der Waals surface area contributed by atoms with Crippen LogP contribution in [0.1, 0.15) is 18.9 Å². The van der Waals surface area contributed by atoms with Crippen LogP contribution in [0.4, 0.5) is 11.4 Å². The maximum atomic E-state index is 11.4. The second kappa shape index (κ2) is 5.61. The Morgan fingerprint density at radius 3 is 2.79 bits per heavy atom. The fourth-order valence-electron chi connectivity index (χ4n) is 2.33. The van der Waals surface area contributed by atoms with Crippen LogP contribution in [0.3, 0.4) is 0 Å². The van der Waals surface area contributed by atoms with E-state index in [0.717, 1.165) is 38.3 Å². The van der Waals surface area contributed by atoms with Gasteiger partial charge < -0.3 is 15.5 Å². The molecule has 100 valence electrons. The monoisotopic (exact) mass is 258 g/mol. The molecule has 0 atom stereocenters. The number of nitrogens with zero attached hydrogens (tertiary/aromatic N) is 3. The van der Waals surface area contributed by atoms with Crippen LogP contribution in [0.25, 0.3) is 0 Å². The van der Waals surface area contributed by atoms with Gasteiger partial charge in [-0.25, -0.2) is 0 Å². The zero-order valence-electron chi connectivity index (χ0n) is 11.1. The molecule has 2 rings (SSSR count). The number of nitrogens with two attached hydrogens (primary N) is 1. The van der Waals surface area contributed by atoms with Crippen molar-refractivity contribution < 1.29 is 4.79 Å². The van der Waals surface area contributed by atoms with Crippen molar-refractivity contribution in [3.8, 4) is 6.07 Å². The fraction of sp³-hybridized carbons (Fsp3) is 0.429. The molecule has 1 fully saturated rings. The molecule has 2 N–H and O–H groups in total. The van der Waals surface area contributed by atoms with Gasteiger partial charge in [-0.15, -0.1) is 0 Å². The van der Waals surface area contributed by atoms with E-state index >= 15 is 0 Å². The quantitative estimate of drug-likeness (QED) is 0.768. The summed E-state index contributed by atoms with van der Waals surface area (Å²) < 4.78 is 0.